The lowest BCUT2D eigenvalue weighted by Gasteiger charge is -2.13. The van der Waals surface area contributed by atoms with Crippen molar-refractivity contribution in [3.63, 3.8) is 0 Å². The van der Waals surface area contributed by atoms with Crippen LogP contribution in [-0.2, 0) is 0 Å². The van der Waals surface area contributed by atoms with Gasteiger partial charge in [0.1, 0.15) is 39.1 Å². The molecular formula is C56H31N3O3. The molecule has 288 valence electrons. The maximum absolute atomic E-state index is 6.96. The molecule has 0 bridgehead atoms. The van der Waals surface area contributed by atoms with E-state index in [9.17, 15) is 0 Å². The molecule has 0 aliphatic carbocycles. The Bertz CT molecular complexity index is 4170. The van der Waals surface area contributed by atoms with Gasteiger partial charge in [0.2, 0.25) is 0 Å². The van der Waals surface area contributed by atoms with E-state index in [1.54, 1.807) is 0 Å². The largest absolute Gasteiger partial charge is 0.456 e. The highest BCUT2D eigenvalue weighted by Crippen LogP contribution is 2.46. The first-order valence-electron chi connectivity index (χ1n) is 20.8. The minimum atomic E-state index is 0.536. The van der Waals surface area contributed by atoms with E-state index in [-0.39, 0.29) is 0 Å². The molecule has 14 aromatic rings. The Kier molecular flexibility index (Phi) is 6.74. The van der Waals surface area contributed by atoms with Gasteiger partial charge in [-0.2, -0.15) is 0 Å². The number of hydrogen-bond donors (Lipinski definition) is 0. The number of hydrogen-bond acceptors (Lipinski definition) is 5. The summed E-state index contributed by atoms with van der Waals surface area (Å²) < 4.78 is 22.5. The van der Waals surface area contributed by atoms with Crippen molar-refractivity contribution in [2.75, 3.05) is 0 Å². The fraction of sp³-hybridized carbons (Fsp3) is 0. The number of aromatic nitrogens is 3. The number of benzene rings is 9. The van der Waals surface area contributed by atoms with E-state index in [1.165, 1.54) is 21.5 Å². The lowest BCUT2D eigenvalue weighted by molar-refractivity contribution is 0.665. The molecule has 6 heteroatoms. The van der Waals surface area contributed by atoms with E-state index in [1.807, 2.05) is 54.6 Å². The van der Waals surface area contributed by atoms with Crippen molar-refractivity contribution in [3.8, 4) is 39.5 Å². The fourth-order valence-electron chi connectivity index (χ4n) is 9.82. The first-order chi connectivity index (χ1) is 30.7. The first kappa shape index (κ1) is 33.4. The molecule has 0 N–H and O–H groups in total. The molecular weight excluding hydrogens is 763 g/mol. The summed E-state index contributed by atoms with van der Waals surface area (Å²) in [5.41, 5.74) is 13.0. The van der Waals surface area contributed by atoms with Gasteiger partial charge in [-0.05, 0) is 82.6 Å². The molecule has 0 spiro atoms. The Labute approximate surface area is 352 Å². The van der Waals surface area contributed by atoms with Crippen molar-refractivity contribution in [2.45, 2.75) is 0 Å². The Morgan fingerprint density at radius 3 is 1.90 bits per heavy atom. The Balaban J connectivity index is 1.09. The predicted molar refractivity (Wildman–Crippen MR) is 252 cm³/mol. The molecule has 0 radical (unpaired) electrons. The topological polar surface area (TPSA) is 70.1 Å². The molecule has 0 aliphatic rings. The number of para-hydroxylation sites is 3. The standard InChI is InChI=1S/C56H31N3O3/c1-2-13-32(14-3-1)35-25-28-48-42(30-35)53-55(62-48)52(39-20-12-24-49-50(39)37-18-7-10-22-46(37)60-49)57-56(58-53)40-26-27-44(51-38-19-8-11-23-47(38)61-54(40)51)59-43-21-9-6-17-36(43)41-29-33-15-4-5-16-34(33)31-45(41)59/h1-31H. The third-order valence-electron chi connectivity index (χ3n) is 12.6. The SMILES string of the molecule is c1ccc(-c2ccc3oc4c(-c5cccc6oc7ccccc7c56)nc(-c5ccc(-n6c7ccccc7c7cc8ccccc8cc76)c6c5oc5ccccc56)nc4c3c2)cc1. The minimum Gasteiger partial charge on any atom is -0.456 e. The molecule has 62 heavy (non-hydrogen) atoms. The number of furan rings is 3. The number of nitrogens with zero attached hydrogens (tertiary/aromatic N) is 3. The van der Waals surface area contributed by atoms with Gasteiger partial charge in [0.15, 0.2) is 11.4 Å². The van der Waals surface area contributed by atoms with Crippen LogP contribution < -0.4 is 0 Å². The monoisotopic (exact) mass is 793 g/mol. The van der Waals surface area contributed by atoms with Gasteiger partial charge < -0.3 is 17.8 Å². The minimum absolute atomic E-state index is 0.536. The molecule has 14 rings (SSSR count). The predicted octanol–water partition coefficient (Wildman–Crippen LogP) is 15.4. The maximum atomic E-state index is 6.96. The number of fused-ring (bicyclic) bond motifs is 13. The zero-order valence-corrected chi connectivity index (χ0v) is 33.0. The second kappa shape index (κ2) is 12.5. The molecule has 9 aromatic carbocycles. The van der Waals surface area contributed by atoms with Crippen LogP contribution in [-0.4, -0.2) is 14.5 Å². The highest BCUT2D eigenvalue weighted by molar-refractivity contribution is 6.20. The Morgan fingerprint density at radius 2 is 1.05 bits per heavy atom. The summed E-state index contributed by atoms with van der Waals surface area (Å²) in [6, 6.07) is 65.5. The van der Waals surface area contributed by atoms with Gasteiger partial charge in [-0.25, -0.2) is 9.97 Å². The summed E-state index contributed by atoms with van der Waals surface area (Å²) >= 11 is 0. The molecule has 0 amide bonds. The lowest BCUT2D eigenvalue weighted by Crippen LogP contribution is -1.98. The van der Waals surface area contributed by atoms with Crippen molar-refractivity contribution in [2.24, 2.45) is 0 Å². The summed E-state index contributed by atoms with van der Waals surface area (Å²) in [5.74, 6) is 0.536. The quantitative estimate of drug-likeness (QED) is 0.177. The summed E-state index contributed by atoms with van der Waals surface area (Å²) in [6.45, 7) is 0. The van der Waals surface area contributed by atoms with E-state index in [2.05, 4.69) is 138 Å². The van der Waals surface area contributed by atoms with Gasteiger partial charge in [0, 0.05) is 37.9 Å². The van der Waals surface area contributed by atoms with Crippen LogP contribution >= 0.6 is 0 Å². The highest BCUT2D eigenvalue weighted by atomic mass is 16.3. The highest BCUT2D eigenvalue weighted by Gasteiger charge is 2.26. The van der Waals surface area contributed by atoms with E-state index in [4.69, 9.17) is 23.2 Å². The van der Waals surface area contributed by atoms with Crippen LogP contribution in [0.1, 0.15) is 0 Å². The van der Waals surface area contributed by atoms with Crippen molar-refractivity contribution >= 4 is 98.5 Å². The Hall–Kier alpha value is -8.48. The van der Waals surface area contributed by atoms with Crippen LogP contribution in [0, 0.1) is 0 Å². The smallest absolute Gasteiger partial charge is 0.180 e. The summed E-state index contributed by atoms with van der Waals surface area (Å²) in [5, 5.41) is 9.69. The molecule has 5 aromatic heterocycles. The van der Waals surface area contributed by atoms with Crippen LogP contribution in [0.15, 0.2) is 201 Å². The maximum Gasteiger partial charge on any atom is 0.180 e. The second-order valence-electron chi connectivity index (χ2n) is 16.0. The van der Waals surface area contributed by atoms with Crippen molar-refractivity contribution < 1.29 is 13.3 Å². The normalized spacial score (nSPS) is 12.2. The van der Waals surface area contributed by atoms with Crippen LogP contribution in [0.3, 0.4) is 0 Å². The molecule has 0 aliphatic heterocycles. The average molecular weight is 794 g/mol. The van der Waals surface area contributed by atoms with E-state index >= 15 is 0 Å². The first-order valence-corrected chi connectivity index (χ1v) is 20.8. The zero-order valence-electron chi connectivity index (χ0n) is 33.0. The molecule has 0 saturated heterocycles. The van der Waals surface area contributed by atoms with Gasteiger partial charge in [-0.1, -0.05) is 127 Å². The molecule has 5 heterocycles. The summed E-state index contributed by atoms with van der Waals surface area (Å²) in [6.07, 6.45) is 0. The number of rotatable bonds is 4. The molecule has 6 nitrogen and oxygen atoms in total. The molecule has 0 fully saturated rings. The second-order valence-corrected chi connectivity index (χ2v) is 16.0. The third-order valence-corrected chi connectivity index (χ3v) is 12.6. The summed E-state index contributed by atoms with van der Waals surface area (Å²) in [4.78, 5) is 10.9. The average Bonchev–Trinajstić information content (AvgIpc) is 4.09. The van der Waals surface area contributed by atoms with E-state index in [0.717, 1.165) is 93.8 Å². The van der Waals surface area contributed by atoms with Crippen molar-refractivity contribution in [1.82, 2.24) is 14.5 Å². The van der Waals surface area contributed by atoms with Gasteiger partial charge in [-0.15, -0.1) is 0 Å². The van der Waals surface area contributed by atoms with E-state index in [0.29, 0.717) is 22.7 Å². The van der Waals surface area contributed by atoms with Crippen LogP contribution in [0.25, 0.3) is 138 Å². The molecule has 0 unspecified atom stereocenters. The van der Waals surface area contributed by atoms with Gasteiger partial charge in [-0.3, -0.25) is 0 Å². The van der Waals surface area contributed by atoms with Crippen LogP contribution in [0.2, 0.25) is 0 Å². The molecule has 0 atom stereocenters. The van der Waals surface area contributed by atoms with Crippen LogP contribution in [0.4, 0.5) is 0 Å². The van der Waals surface area contributed by atoms with Gasteiger partial charge >= 0.3 is 0 Å². The zero-order chi connectivity index (χ0) is 40.5. The lowest BCUT2D eigenvalue weighted by atomic mass is 10.0. The van der Waals surface area contributed by atoms with Crippen molar-refractivity contribution in [3.05, 3.63) is 188 Å². The van der Waals surface area contributed by atoms with Gasteiger partial charge in [0.25, 0.3) is 0 Å². The fourth-order valence-corrected chi connectivity index (χ4v) is 9.82. The van der Waals surface area contributed by atoms with E-state index < -0.39 is 0 Å². The Morgan fingerprint density at radius 1 is 0.371 bits per heavy atom. The van der Waals surface area contributed by atoms with Crippen molar-refractivity contribution in [1.29, 1.82) is 0 Å². The molecule has 0 saturated carbocycles. The summed E-state index contributed by atoms with van der Waals surface area (Å²) in [7, 11) is 0. The third kappa shape index (κ3) is 4.69. The van der Waals surface area contributed by atoms with Gasteiger partial charge in [0.05, 0.1) is 27.7 Å². The van der Waals surface area contributed by atoms with Crippen LogP contribution in [0.5, 0.6) is 0 Å².